The minimum absolute atomic E-state index is 0.465. The number of benzene rings is 1. The first-order chi connectivity index (χ1) is 8.29. The summed E-state index contributed by atoms with van der Waals surface area (Å²) in [5.74, 6) is 0. The van der Waals surface area contributed by atoms with Gasteiger partial charge in [0.15, 0.2) is 4.90 Å². The molecule has 0 saturated heterocycles. The molecule has 94 valence electrons. The Kier molecular flexibility index (Phi) is 3.50. The highest BCUT2D eigenvalue weighted by molar-refractivity contribution is 7.90. The molecule has 0 aliphatic heterocycles. The summed E-state index contributed by atoms with van der Waals surface area (Å²) < 4.78 is 25.1. The van der Waals surface area contributed by atoms with E-state index in [0.717, 1.165) is 12.1 Å². The average Bonchev–Trinajstić information content (AvgIpc) is 2.27. The van der Waals surface area contributed by atoms with Crippen LogP contribution in [0.5, 0.6) is 0 Å². The number of nitro groups is 2. The normalized spacial score (nSPS) is 10.4. The summed E-state index contributed by atoms with van der Waals surface area (Å²) in [5.41, 5.74) is -1.70. The molecule has 0 amide bonds. The number of carbonyl (C=O) groups excluding carboxylic acids is 1. The Morgan fingerprint density at radius 2 is 1.78 bits per heavy atom. The third-order valence-corrected chi connectivity index (χ3v) is 3.00. The third kappa shape index (κ3) is 2.53. The van der Waals surface area contributed by atoms with Crippen molar-refractivity contribution in [2.45, 2.75) is 4.90 Å². The van der Waals surface area contributed by atoms with Gasteiger partial charge in [0.05, 0.1) is 15.9 Å². The second kappa shape index (κ2) is 4.69. The zero-order valence-electron chi connectivity index (χ0n) is 8.34. The number of nitrogens with zero attached hydrogens (tertiary/aromatic N) is 3. The maximum Gasteiger partial charge on any atom is 0.299 e. The Hall–Kier alpha value is -2.65. The van der Waals surface area contributed by atoms with E-state index in [1.165, 1.54) is 0 Å². The van der Waals surface area contributed by atoms with Crippen LogP contribution in [-0.4, -0.2) is 24.3 Å². The van der Waals surface area contributed by atoms with Crippen molar-refractivity contribution in [3.63, 3.8) is 0 Å². The highest BCUT2D eigenvalue weighted by Crippen LogP contribution is 2.29. The summed E-state index contributed by atoms with van der Waals surface area (Å²) in [6.45, 7) is 0. The van der Waals surface area contributed by atoms with Gasteiger partial charge in [-0.15, -0.1) is 0 Å². The van der Waals surface area contributed by atoms with Crippen LogP contribution in [0.15, 0.2) is 27.5 Å². The van der Waals surface area contributed by atoms with E-state index in [0.29, 0.717) is 12.1 Å². The van der Waals surface area contributed by atoms with Gasteiger partial charge in [0, 0.05) is 6.07 Å². The SMILES string of the molecule is O=C=NS(=O)(=O)c1ccc([N+](=O)[O-])cc1[N+](=O)[O-]. The highest BCUT2D eigenvalue weighted by atomic mass is 32.2. The van der Waals surface area contributed by atoms with Gasteiger partial charge < -0.3 is 0 Å². The van der Waals surface area contributed by atoms with E-state index in [1.54, 1.807) is 0 Å². The van der Waals surface area contributed by atoms with Crippen LogP contribution < -0.4 is 0 Å². The van der Waals surface area contributed by atoms with Crippen LogP contribution >= 0.6 is 0 Å². The largest absolute Gasteiger partial charge is 0.299 e. The fraction of sp³-hybridized carbons (Fsp3) is 0. The molecular formula is C7H3N3O7S. The van der Waals surface area contributed by atoms with E-state index in [2.05, 4.69) is 4.40 Å². The molecule has 0 saturated carbocycles. The third-order valence-electron chi connectivity index (χ3n) is 1.79. The number of rotatable bonds is 4. The first-order valence-electron chi connectivity index (χ1n) is 4.06. The molecule has 0 atom stereocenters. The van der Waals surface area contributed by atoms with Crippen molar-refractivity contribution < 1.29 is 23.1 Å². The molecule has 10 nitrogen and oxygen atoms in total. The summed E-state index contributed by atoms with van der Waals surface area (Å²) in [5, 5.41) is 21.0. The summed E-state index contributed by atoms with van der Waals surface area (Å²) in [6, 6.07) is 1.85. The summed E-state index contributed by atoms with van der Waals surface area (Å²) in [4.78, 5) is 28.0. The Balaban J connectivity index is 3.61. The maximum atomic E-state index is 11.3. The number of sulfonamides is 1. The average molecular weight is 273 g/mol. The minimum Gasteiger partial charge on any atom is -0.258 e. The number of isocyanates is 1. The lowest BCUT2D eigenvalue weighted by atomic mass is 10.3. The molecule has 0 aromatic heterocycles. The molecule has 1 aromatic carbocycles. The Bertz CT molecular complexity index is 674. The van der Waals surface area contributed by atoms with Crippen molar-refractivity contribution in [3.8, 4) is 0 Å². The Labute approximate surface area is 98.9 Å². The van der Waals surface area contributed by atoms with Crippen LogP contribution in [0.25, 0.3) is 0 Å². The quantitative estimate of drug-likeness (QED) is 0.336. The zero-order chi connectivity index (χ0) is 13.9. The van der Waals surface area contributed by atoms with E-state index in [1.807, 2.05) is 0 Å². The number of non-ortho nitro benzene ring substituents is 1. The Morgan fingerprint density at radius 3 is 2.22 bits per heavy atom. The molecule has 18 heavy (non-hydrogen) atoms. The van der Waals surface area contributed by atoms with E-state index >= 15 is 0 Å². The van der Waals surface area contributed by atoms with Gasteiger partial charge in [-0.05, 0) is 6.07 Å². The van der Waals surface area contributed by atoms with E-state index in [4.69, 9.17) is 0 Å². The van der Waals surface area contributed by atoms with Crippen molar-refractivity contribution in [3.05, 3.63) is 38.4 Å². The molecular weight excluding hydrogens is 270 g/mol. The predicted octanol–water partition coefficient (Wildman–Crippen LogP) is 0.528. The fourth-order valence-corrected chi connectivity index (χ4v) is 1.91. The summed E-state index contributed by atoms with van der Waals surface area (Å²) in [7, 11) is -4.59. The van der Waals surface area contributed by atoms with Gasteiger partial charge in [0.1, 0.15) is 0 Å². The minimum atomic E-state index is -4.59. The molecule has 0 aliphatic carbocycles. The molecule has 0 spiro atoms. The van der Waals surface area contributed by atoms with E-state index in [-0.39, 0.29) is 0 Å². The van der Waals surface area contributed by atoms with E-state index in [9.17, 15) is 33.4 Å². The van der Waals surface area contributed by atoms with Gasteiger partial charge in [0.2, 0.25) is 0 Å². The molecule has 0 bridgehead atoms. The van der Waals surface area contributed by atoms with Gasteiger partial charge >= 0.3 is 0 Å². The van der Waals surface area contributed by atoms with Crippen molar-refractivity contribution in [2.24, 2.45) is 4.40 Å². The van der Waals surface area contributed by atoms with Crippen LogP contribution in [0, 0.1) is 20.2 Å². The molecule has 1 aromatic rings. The lowest BCUT2D eigenvalue weighted by Gasteiger charge is -1.99. The molecule has 0 fully saturated rings. The smallest absolute Gasteiger partial charge is 0.258 e. The highest BCUT2D eigenvalue weighted by Gasteiger charge is 2.28. The van der Waals surface area contributed by atoms with Gasteiger partial charge in [-0.25, -0.2) is 4.79 Å². The second-order valence-corrected chi connectivity index (χ2v) is 4.40. The van der Waals surface area contributed by atoms with Gasteiger partial charge in [-0.1, -0.05) is 4.40 Å². The number of hydrogen-bond acceptors (Lipinski definition) is 7. The van der Waals surface area contributed by atoms with Crippen molar-refractivity contribution in [2.75, 3.05) is 0 Å². The molecule has 0 heterocycles. The molecule has 0 radical (unpaired) electrons. The molecule has 0 N–H and O–H groups in total. The standard InChI is InChI=1S/C7H3N3O7S/c11-4-8-18(16,17)7-2-1-5(9(12)13)3-6(7)10(14)15/h1-3H. The first kappa shape index (κ1) is 13.4. The van der Waals surface area contributed by atoms with Crippen LogP contribution in [-0.2, 0) is 14.8 Å². The van der Waals surface area contributed by atoms with Crippen molar-refractivity contribution in [1.29, 1.82) is 0 Å². The van der Waals surface area contributed by atoms with Crippen molar-refractivity contribution in [1.82, 2.24) is 0 Å². The number of hydrogen-bond donors (Lipinski definition) is 0. The lowest BCUT2D eigenvalue weighted by Crippen LogP contribution is -2.03. The Morgan fingerprint density at radius 1 is 1.17 bits per heavy atom. The van der Waals surface area contributed by atoms with Crippen LogP contribution in [0.2, 0.25) is 0 Å². The summed E-state index contributed by atoms with van der Waals surface area (Å²) in [6.07, 6.45) is 0.741. The molecule has 0 aliphatic rings. The fourth-order valence-electron chi connectivity index (χ4n) is 1.08. The number of nitro benzene ring substituents is 2. The van der Waals surface area contributed by atoms with Crippen LogP contribution in [0.3, 0.4) is 0 Å². The van der Waals surface area contributed by atoms with E-state index < -0.39 is 36.1 Å². The zero-order valence-corrected chi connectivity index (χ0v) is 9.16. The topological polar surface area (TPSA) is 150 Å². The summed E-state index contributed by atoms with van der Waals surface area (Å²) >= 11 is 0. The lowest BCUT2D eigenvalue weighted by molar-refractivity contribution is -0.396. The van der Waals surface area contributed by atoms with Gasteiger partial charge in [-0.2, -0.15) is 8.42 Å². The molecule has 11 heteroatoms. The van der Waals surface area contributed by atoms with Crippen LogP contribution in [0.4, 0.5) is 11.4 Å². The second-order valence-electron chi connectivity index (χ2n) is 2.82. The molecule has 1 rings (SSSR count). The monoisotopic (exact) mass is 273 g/mol. The first-order valence-corrected chi connectivity index (χ1v) is 5.50. The van der Waals surface area contributed by atoms with Crippen LogP contribution in [0.1, 0.15) is 0 Å². The van der Waals surface area contributed by atoms with Gasteiger partial charge in [-0.3, -0.25) is 20.2 Å². The van der Waals surface area contributed by atoms with Crippen molar-refractivity contribution >= 4 is 27.5 Å². The maximum absolute atomic E-state index is 11.3. The predicted molar refractivity (Wildman–Crippen MR) is 55.1 cm³/mol. The van der Waals surface area contributed by atoms with Gasteiger partial charge in [0.25, 0.3) is 27.5 Å². The molecule has 0 unspecified atom stereocenters.